The van der Waals surface area contributed by atoms with Crippen LogP contribution in [-0.4, -0.2) is 17.1 Å². The number of rotatable bonds is 0. The van der Waals surface area contributed by atoms with E-state index in [1.165, 1.54) is 0 Å². The molecule has 2 nitrogen and oxygen atoms in total. The Morgan fingerprint density at radius 1 is 1.60 bits per heavy atom. The van der Waals surface area contributed by atoms with Crippen molar-refractivity contribution >= 4 is 11.6 Å². The summed E-state index contributed by atoms with van der Waals surface area (Å²) < 4.78 is 5.42. The van der Waals surface area contributed by atoms with Crippen LogP contribution in [0.25, 0.3) is 0 Å². The average Bonchev–Trinajstić information content (AvgIpc) is 2.46. The predicted octanol–water partition coefficient (Wildman–Crippen LogP) is 1.44. The normalized spacial score (nSPS) is 51.2. The molecule has 10 heavy (non-hydrogen) atoms. The highest BCUT2D eigenvalue weighted by Crippen LogP contribution is 2.45. The zero-order chi connectivity index (χ0) is 7.19. The second-order valence-corrected chi connectivity index (χ2v) is 3.68. The zero-order valence-corrected chi connectivity index (χ0v) is 6.27. The minimum atomic E-state index is -0.692. The lowest BCUT2D eigenvalue weighted by Gasteiger charge is -2.19. The minimum absolute atomic E-state index is 0.00386. The molecule has 2 fully saturated rings. The molecule has 0 aromatic heterocycles. The van der Waals surface area contributed by atoms with Gasteiger partial charge in [0, 0.05) is 6.42 Å². The van der Waals surface area contributed by atoms with Gasteiger partial charge in [-0.15, -0.1) is 0 Å². The molecule has 0 aromatic carbocycles. The van der Waals surface area contributed by atoms with Gasteiger partial charge in [-0.05, 0) is 12.8 Å². The molecule has 0 N–H and O–H groups in total. The second-order valence-electron chi connectivity index (χ2n) is 3.00. The highest BCUT2D eigenvalue weighted by atomic mass is 35.5. The largest absolute Gasteiger partial charge is 0.372 e. The molecule has 0 saturated carbocycles. The Bertz CT molecular complexity index is 200. The third-order valence-corrected chi connectivity index (χ3v) is 2.81. The molecule has 2 rings (SSSR count). The second kappa shape index (κ2) is 1.87. The van der Waals surface area contributed by atoms with Crippen molar-refractivity contribution in [3.63, 3.8) is 0 Å². The summed E-state index contributed by atoms with van der Waals surface area (Å²) in [6, 6.07) is 2.11. The van der Waals surface area contributed by atoms with Crippen LogP contribution < -0.4 is 0 Å². The molecule has 54 valence electrons. The van der Waals surface area contributed by atoms with E-state index in [9.17, 15) is 0 Å². The molecule has 0 aliphatic carbocycles. The van der Waals surface area contributed by atoms with Gasteiger partial charge in [0.05, 0.1) is 18.3 Å². The summed E-state index contributed by atoms with van der Waals surface area (Å²) in [5.74, 6) is 0. The molecule has 0 spiro atoms. The lowest BCUT2D eigenvalue weighted by Crippen LogP contribution is -2.31. The first-order chi connectivity index (χ1) is 4.74. The van der Waals surface area contributed by atoms with Gasteiger partial charge in [-0.3, -0.25) is 0 Å². The van der Waals surface area contributed by atoms with Gasteiger partial charge in [-0.25, -0.2) is 0 Å². The Hall–Kier alpha value is -0.260. The summed E-state index contributed by atoms with van der Waals surface area (Å²) in [5, 5.41) is 8.69. The van der Waals surface area contributed by atoms with E-state index in [0.29, 0.717) is 0 Å². The smallest absolute Gasteiger partial charge is 0.159 e. The van der Waals surface area contributed by atoms with Crippen LogP contribution in [0.1, 0.15) is 19.3 Å². The molecule has 2 aliphatic rings. The number of nitrogens with zero attached hydrogens (tertiary/aromatic N) is 1. The van der Waals surface area contributed by atoms with Crippen LogP contribution in [-0.2, 0) is 4.74 Å². The number of fused-ring (bicyclic) bond motifs is 2. The third-order valence-electron chi connectivity index (χ3n) is 2.33. The highest BCUT2D eigenvalue weighted by Gasteiger charge is 2.51. The molecule has 2 bridgehead atoms. The van der Waals surface area contributed by atoms with E-state index in [-0.39, 0.29) is 12.2 Å². The molecule has 0 unspecified atom stereocenters. The standard InChI is InChI=1S/C7H8ClNO/c8-7(4-9)3-5-1-2-6(7)10-5/h5-6H,1-3H2/t5-,6-,7-/m1/s1. The van der Waals surface area contributed by atoms with E-state index in [4.69, 9.17) is 21.6 Å². The van der Waals surface area contributed by atoms with E-state index in [1.807, 2.05) is 0 Å². The summed E-state index contributed by atoms with van der Waals surface area (Å²) in [6.45, 7) is 0. The van der Waals surface area contributed by atoms with Crippen molar-refractivity contribution < 1.29 is 4.74 Å². The van der Waals surface area contributed by atoms with Crippen LogP contribution in [0.3, 0.4) is 0 Å². The molecule has 3 heteroatoms. The monoisotopic (exact) mass is 157 g/mol. The number of nitriles is 1. The molecular weight excluding hydrogens is 150 g/mol. The first-order valence-electron chi connectivity index (χ1n) is 3.50. The molecule has 0 aromatic rings. The molecule has 2 saturated heterocycles. The predicted molar refractivity (Wildman–Crippen MR) is 36.7 cm³/mol. The first kappa shape index (κ1) is 6.45. The van der Waals surface area contributed by atoms with Crippen molar-refractivity contribution in [2.45, 2.75) is 36.3 Å². The van der Waals surface area contributed by atoms with E-state index in [0.717, 1.165) is 19.3 Å². The maximum absolute atomic E-state index is 8.69. The lowest BCUT2D eigenvalue weighted by molar-refractivity contribution is 0.101. The Morgan fingerprint density at radius 3 is 2.70 bits per heavy atom. The number of hydrogen-bond acceptors (Lipinski definition) is 2. The number of alkyl halides is 1. The molecule has 2 heterocycles. The van der Waals surface area contributed by atoms with E-state index in [1.54, 1.807) is 0 Å². The van der Waals surface area contributed by atoms with Gasteiger partial charge in [0.15, 0.2) is 4.87 Å². The Labute approximate surface area is 64.7 Å². The van der Waals surface area contributed by atoms with Crippen molar-refractivity contribution in [2.24, 2.45) is 0 Å². The number of hydrogen-bond donors (Lipinski definition) is 0. The van der Waals surface area contributed by atoms with Crippen molar-refractivity contribution in [1.29, 1.82) is 5.26 Å². The van der Waals surface area contributed by atoms with Crippen LogP contribution in [0.4, 0.5) is 0 Å². The Kier molecular flexibility index (Phi) is 1.21. The number of ether oxygens (including phenoxy) is 1. The fourth-order valence-corrected chi connectivity index (χ4v) is 2.11. The van der Waals surface area contributed by atoms with E-state index in [2.05, 4.69) is 6.07 Å². The van der Waals surface area contributed by atoms with Crippen molar-refractivity contribution in [1.82, 2.24) is 0 Å². The van der Waals surface area contributed by atoms with Crippen molar-refractivity contribution in [3.8, 4) is 6.07 Å². The SMILES string of the molecule is N#C[C@]1(Cl)C[C@H]2CC[C@H]1O2. The van der Waals surface area contributed by atoms with Gasteiger partial charge >= 0.3 is 0 Å². The van der Waals surface area contributed by atoms with Crippen LogP contribution >= 0.6 is 11.6 Å². The summed E-state index contributed by atoms with van der Waals surface area (Å²) in [4.78, 5) is -0.692. The maximum Gasteiger partial charge on any atom is 0.159 e. The molecule has 0 amide bonds. The summed E-state index contributed by atoms with van der Waals surface area (Å²) >= 11 is 5.97. The fraction of sp³-hybridized carbons (Fsp3) is 0.857. The molecule has 3 atom stereocenters. The van der Waals surface area contributed by atoms with Gasteiger partial charge in [-0.2, -0.15) is 5.26 Å². The number of halogens is 1. The van der Waals surface area contributed by atoms with Crippen molar-refractivity contribution in [3.05, 3.63) is 0 Å². The van der Waals surface area contributed by atoms with Gasteiger partial charge in [0.1, 0.15) is 0 Å². The van der Waals surface area contributed by atoms with Gasteiger partial charge in [0.25, 0.3) is 0 Å². The van der Waals surface area contributed by atoms with Crippen LogP contribution in [0, 0.1) is 11.3 Å². The van der Waals surface area contributed by atoms with E-state index >= 15 is 0 Å². The Balaban J connectivity index is 2.24. The highest BCUT2D eigenvalue weighted by molar-refractivity contribution is 6.26. The van der Waals surface area contributed by atoms with E-state index < -0.39 is 4.87 Å². The molecular formula is C7H8ClNO. The zero-order valence-electron chi connectivity index (χ0n) is 5.51. The lowest BCUT2D eigenvalue weighted by atomic mass is 9.90. The fourth-order valence-electron chi connectivity index (χ4n) is 1.77. The minimum Gasteiger partial charge on any atom is -0.372 e. The van der Waals surface area contributed by atoms with Crippen LogP contribution in [0.15, 0.2) is 0 Å². The maximum atomic E-state index is 8.69. The average molecular weight is 158 g/mol. The van der Waals surface area contributed by atoms with Crippen LogP contribution in [0.5, 0.6) is 0 Å². The van der Waals surface area contributed by atoms with Gasteiger partial charge in [0.2, 0.25) is 0 Å². The van der Waals surface area contributed by atoms with Crippen LogP contribution in [0.2, 0.25) is 0 Å². The van der Waals surface area contributed by atoms with Gasteiger partial charge < -0.3 is 4.74 Å². The molecule has 2 aliphatic heterocycles. The summed E-state index contributed by atoms with van der Waals surface area (Å²) in [6.07, 6.45) is 3.03. The Morgan fingerprint density at radius 2 is 2.40 bits per heavy atom. The summed E-state index contributed by atoms with van der Waals surface area (Å²) in [5.41, 5.74) is 0. The third kappa shape index (κ3) is 0.680. The topological polar surface area (TPSA) is 33.0 Å². The van der Waals surface area contributed by atoms with Gasteiger partial charge in [-0.1, -0.05) is 11.6 Å². The molecule has 0 radical (unpaired) electrons. The van der Waals surface area contributed by atoms with Crippen molar-refractivity contribution in [2.75, 3.05) is 0 Å². The quantitative estimate of drug-likeness (QED) is 0.499. The summed E-state index contributed by atoms with van der Waals surface area (Å²) in [7, 11) is 0. The first-order valence-corrected chi connectivity index (χ1v) is 3.88.